The van der Waals surface area contributed by atoms with Gasteiger partial charge >= 0.3 is 5.97 Å². The normalized spacial score (nSPS) is 19.6. The molecule has 0 bridgehead atoms. The van der Waals surface area contributed by atoms with Crippen LogP contribution in [0.5, 0.6) is 0 Å². The molecule has 27 heavy (non-hydrogen) atoms. The Morgan fingerprint density at radius 3 is 2.78 bits per heavy atom. The highest BCUT2D eigenvalue weighted by atomic mass is 32.2. The Labute approximate surface area is 168 Å². The number of aliphatic hydroxyl groups excluding tert-OH is 1. The van der Waals surface area contributed by atoms with Crippen LogP contribution in [0.1, 0.15) is 72.1 Å². The highest BCUT2D eigenvalue weighted by Crippen LogP contribution is 2.29. The van der Waals surface area contributed by atoms with E-state index in [1.807, 2.05) is 17.1 Å². The van der Waals surface area contributed by atoms with Gasteiger partial charge in [-0.05, 0) is 36.9 Å². The van der Waals surface area contributed by atoms with E-state index >= 15 is 0 Å². The second kappa shape index (κ2) is 12.4. The van der Waals surface area contributed by atoms with Gasteiger partial charge in [-0.2, -0.15) is 11.8 Å². The topological polar surface area (TPSA) is 77.8 Å². The first-order valence-electron chi connectivity index (χ1n) is 10.2. The van der Waals surface area contributed by atoms with E-state index in [0.29, 0.717) is 19.4 Å². The summed E-state index contributed by atoms with van der Waals surface area (Å²) in [6.07, 6.45) is 9.89. The predicted octanol–water partition coefficient (Wildman–Crippen LogP) is 4.10. The van der Waals surface area contributed by atoms with E-state index in [4.69, 9.17) is 5.11 Å². The number of carbonyl (C=O) groups excluding carboxylic acids is 1. The maximum absolute atomic E-state index is 12.3. The first-order chi connectivity index (χ1) is 12.8. The number of carboxylic acids is 1. The number of carbonyl (C=O) groups is 2. The highest BCUT2D eigenvalue weighted by Gasteiger charge is 2.28. The molecule has 1 unspecified atom stereocenters. The number of nitrogens with zero attached hydrogens (tertiary/aromatic N) is 1. The molecular formula is C21H37NO4S. The Kier molecular flexibility index (Phi) is 11.1. The van der Waals surface area contributed by atoms with Gasteiger partial charge in [0.1, 0.15) is 0 Å². The van der Waals surface area contributed by atoms with Gasteiger partial charge in [-0.1, -0.05) is 45.8 Å². The minimum atomic E-state index is -0.757. The largest absolute Gasteiger partial charge is 0.481 e. The molecule has 1 aliphatic rings. The lowest BCUT2D eigenvalue weighted by atomic mass is 9.81. The van der Waals surface area contributed by atoms with Gasteiger partial charge in [0.2, 0.25) is 5.91 Å². The average Bonchev–Trinajstić information content (AvgIpc) is 2.61. The number of amides is 1. The fourth-order valence-electron chi connectivity index (χ4n) is 3.30. The van der Waals surface area contributed by atoms with Crippen molar-refractivity contribution in [2.75, 3.05) is 18.1 Å². The number of piperidine rings is 1. The predicted molar refractivity (Wildman–Crippen MR) is 112 cm³/mol. The molecule has 156 valence electrons. The molecule has 5 nitrogen and oxygen atoms in total. The van der Waals surface area contributed by atoms with Crippen LogP contribution in [0.15, 0.2) is 12.2 Å². The Morgan fingerprint density at radius 2 is 2.11 bits per heavy atom. The van der Waals surface area contributed by atoms with Crippen molar-refractivity contribution in [2.24, 2.45) is 5.41 Å². The van der Waals surface area contributed by atoms with Crippen molar-refractivity contribution in [3.8, 4) is 0 Å². The van der Waals surface area contributed by atoms with Crippen LogP contribution in [0.2, 0.25) is 0 Å². The maximum Gasteiger partial charge on any atom is 0.303 e. The lowest BCUT2D eigenvalue weighted by molar-refractivity contribution is -0.137. The number of hydrogen-bond donors (Lipinski definition) is 2. The van der Waals surface area contributed by atoms with Crippen molar-refractivity contribution >= 4 is 23.6 Å². The van der Waals surface area contributed by atoms with E-state index in [1.165, 1.54) is 0 Å². The van der Waals surface area contributed by atoms with Crippen LogP contribution >= 0.6 is 11.8 Å². The van der Waals surface area contributed by atoms with Gasteiger partial charge in [0.05, 0.1) is 12.1 Å². The molecule has 0 aliphatic carbocycles. The third-order valence-corrected chi connectivity index (χ3v) is 6.31. The molecule has 6 heteroatoms. The van der Waals surface area contributed by atoms with Gasteiger partial charge in [0, 0.05) is 25.1 Å². The zero-order chi connectivity index (χ0) is 20.3. The molecule has 0 saturated carbocycles. The first kappa shape index (κ1) is 24.0. The molecule has 1 rings (SSSR count). The summed E-state index contributed by atoms with van der Waals surface area (Å²) in [4.78, 5) is 24.8. The zero-order valence-corrected chi connectivity index (χ0v) is 18.0. The molecule has 0 radical (unpaired) electrons. The van der Waals surface area contributed by atoms with Gasteiger partial charge in [-0.3, -0.25) is 9.59 Å². The minimum Gasteiger partial charge on any atom is -0.481 e. The van der Waals surface area contributed by atoms with Crippen LogP contribution in [0.25, 0.3) is 0 Å². The van der Waals surface area contributed by atoms with E-state index in [1.54, 1.807) is 11.8 Å². The number of likely N-dealkylation sites (tertiary alicyclic amines) is 1. The van der Waals surface area contributed by atoms with Gasteiger partial charge in [-0.25, -0.2) is 0 Å². The van der Waals surface area contributed by atoms with E-state index in [-0.39, 0.29) is 23.8 Å². The Balaban J connectivity index is 2.52. The summed E-state index contributed by atoms with van der Waals surface area (Å²) in [6.45, 7) is 7.02. The van der Waals surface area contributed by atoms with Crippen LogP contribution in [-0.2, 0) is 9.59 Å². The molecule has 1 amide bonds. The number of thioether (sulfide) groups is 1. The second-order valence-corrected chi connectivity index (χ2v) is 9.30. The molecule has 1 saturated heterocycles. The molecule has 1 aliphatic heterocycles. The molecular weight excluding hydrogens is 362 g/mol. The fraction of sp³-hybridized carbons (Fsp3) is 0.810. The van der Waals surface area contributed by atoms with E-state index in [0.717, 1.165) is 43.6 Å². The van der Waals surface area contributed by atoms with Crippen molar-refractivity contribution in [3.05, 3.63) is 12.2 Å². The Hall–Kier alpha value is -1.01. The second-order valence-electron chi connectivity index (χ2n) is 8.08. The summed E-state index contributed by atoms with van der Waals surface area (Å²) in [5.74, 6) is 1.05. The monoisotopic (exact) mass is 399 g/mol. The number of hydrogen-bond acceptors (Lipinski definition) is 4. The highest BCUT2D eigenvalue weighted by molar-refractivity contribution is 7.99. The molecule has 0 aromatic heterocycles. The number of aliphatic hydroxyl groups is 1. The van der Waals surface area contributed by atoms with Crippen molar-refractivity contribution in [3.63, 3.8) is 0 Å². The molecule has 1 heterocycles. The van der Waals surface area contributed by atoms with Crippen molar-refractivity contribution in [1.29, 1.82) is 0 Å². The standard InChI is InChI=1S/C21H37NO4S/c1-4-5-13-21(2,3)18(23)12-11-17-8-6-9-19(24)22(17)14-16-27-15-7-10-20(25)26/h11-12,17-18,23H,4-10,13-16H2,1-3H3,(H,25,26)/t17-,18?/m1/s1. The zero-order valence-electron chi connectivity index (χ0n) is 17.2. The smallest absolute Gasteiger partial charge is 0.303 e. The summed E-state index contributed by atoms with van der Waals surface area (Å²) in [5.41, 5.74) is -0.157. The molecule has 0 spiro atoms. The summed E-state index contributed by atoms with van der Waals surface area (Å²) < 4.78 is 0. The van der Waals surface area contributed by atoms with Crippen LogP contribution in [0.3, 0.4) is 0 Å². The van der Waals surface area contributed by atoms with Crippen LogP contribution in [0.4, 0.5) is 0 Å². The average molecular weight is 400 g/mol. The van der Waals surface area contributed by atoms with Gasteiger partial charge in [0.25, 0.3) is 0 Å². The van der Waals surface area contributed by atoms with E-state index in [2.05, 4.69) is 20.8 Å². The Bertz CT molecular complexity index is 493. The van der Waals surface area contributed by atoms with Crippen molar-refractivity contribution in [1.82, 2.24) is 4.90 Å². The van der Waals surface area contributed by atoms with Crippen molar-refractivity contribution in [2.45, 2.75) is 84.3 Å². The maximum atomic E-state index is 12.3. The summed E-state index contributed by atoms with van der Waals surface area (Å²) in [7, 11) is 0. The number of rotatable bonds is 13. The number of aliphatic carboxylic acids is 1. The van der Waals surface area contributed by atoms with Gasteiger partial charge < -0.3 is 15.1 Å². The van der Waals surface area contributed by atoms with E-state index < -0.39 is 12.1 Å². The fourth-order valence-corrected chi connectivity index (χ4v) is 4.18. The van der Waals surface area contributed by atoms with Crippen molar-refractivity contribution < 1.29 is 19.8 Å². The quantitative estimate of drug-likeness (QED) is 0.360. The first-order valence-corrected chi connectivity index (χ1v) is 11.4. The number of unbranched alkanes of at least 4 members (excludes halogenated alkanes) is 1. The molecule has 2 N–H and O–H groups in total. The summed E-state index contributed by atoms with van der Waals surface area (Å²) in [6, 6.07) is 0.0579. The van der Waals surface area contributed by atoms with Crippen LogP contribution in [-0.4, -0.2) is 57.2 Å². The third-order valence-electron chi connectivity index (χ3n) is 5.26. The third kappa shape index (κ3) is 9.15. The lowest BCUT2D eigenvalue weighted by Crippen LogP contribution is -2.44. The molecule has 1 fully saturated rings. The molecule has 2 atom stereocenters. The van der Waals surface area contributed by atoms with Gasteiger partial charge in [-0.15, -0.1) is 0 Å². The molecule has 0 aromatic rings. The lowest BCUT2D eigenvalue weighted by Gasteiger charge is -2.35. The van der Waals surface area contributed by atoms with Gasteiger partial charge in [0.15, 0.2) is 0 Å². The van der Waals surface area contributed by atoms with Crippen LogP contribution in [0, 0.1) is 5.41 Å². The molecule has 0 aromatic carbocycles. The number of carboxylic acid groups (broad SMARTS) is 1. The minimum absolute atomic E-state index is 0.0579. The summed E-state index contributed by atoms with van der Waals surface area (Å²) in [5, 5.41) is 19.2. The SMILES string of the molecule is CCCCC(C)(C)C(O)C=C[C@H]1CCCC(=O)N1CCSCCCC(=O)O. The van der Waals surface area contributed by atoms with Crippen LogP contribution < -0.4 is 0 Å². The van der Waals surface area contributed by atoms with E-state index in [9.17, 15) is 14.7 Å². The summed E-state index contributed by atoms with van der Waals surface area (Å²) >= 11 is 1.70. The Morgan fingerprint density at radius 1 is 1.37 bits per heavy atom.